The van der Waals surface area contributed by atoms with E-state index in [1.807, 2.05) is 12.3 Å². The molecule has 0 unspecified atom stereocenters. The number of carbonyl (C=O) groups is 1. The van der Waals surface area contributed by atoms with Gasteiger partial charge in [-0.3, -0.25) is 9.89 Å². The summed E-state index contributed by atoms with van der Waals surface area (Å²) in [6, 6.07) is 6.26. The first kappa shape index (κ1) is 14.9. The van der Waals surface area contributed by atoms with E-state index >= 15 is 0 Å². The van der Waals surface area contributed by atoms with Gasteiger partial charge in [0.2, 0.25) is 5.76 Å². The maximum Gasteiger partial charge on any atom is 0.291 e. The van der Waals surface area contributed by atoms with E-state index in [1.165, 1.54) is 18.2 Å². The molecule has 1 atom stereocenters. The summed E-state index contributed by atoms with van der Waals surface area (Å²) in [6.07, 6.45) is 5.40. The smallest absolute Gasteiger partial charge is 0.291 e. The number of hydrogen-bond donors (Lipinski definition) is 1. The number of aromatic nitrogens is 3. The Morgan fingerprint density at radius 2 is 2.33 bits per heavy atom. The van der Waals surface area contributed by atoms with Crippen molar-refractivity contribution in [3.63, 3.8) is 0 Å². The monoisotopic (exact) mass is 326 g/mol. The maximum absolute atomic E-state index is 12.5. The first-order valence-corrected chi connectivity index (χ1v) is 7.97. The van der Waals surface area contributed by atoms with E-state index in [-0.39, 0.29) is 17.6 Å². The fourth-order valence-corrected chi connectivity index (χ4v) is 3.12. The lowest BCUT2D eigenvalue weighted by molar-refractivity contribution is 0.0705. The van der Waals surface area contributed by atoms with Gasteiger partial charge in [0.25, 0.3) is 5.91 Å². The lowest BCUT2D eigenvalue weighted by Gasteiger charge is -2.22. The molecule has 4 rings (SSSR count). The minimum atomic E-state index is -0.131. The molecule has 1 fully saturated rings. The number of ether oxygens (including phenoxy) is 1. The van der Waals surface area contributed by atoms with Crippen LogP contribution < -0.4 is 0 Å². The number of fused-ring (bicyclic) bond motifs is 1. The van der Waals surface area contributed by atoms with Crippen LogP contribution in [0.5, 0.6) is 0 Å². The van der Waals surface area contributed by atoms with Crippen molar-refractivity contribution in [1.82, 2.24) is 20.1 Å². The molecular weight excluding hydrogens is 308 g/mol. The van der Waals surface area contributed by atoms with Gasteiger partial charge in [-0.05, 0) is 24.1 Å². The van der Waals surface area contributed by atoms with E-state index in [0.717, 1.165) is 17.3 Å². The number of rotatable bonds is 3. The molecular formula is C17H18N4O3. The molecule has 0 radical (unpaired) electrons. The van der Waals surface area contributed by atoms with Crippen LogP contribution in [0.15, 0.2) is 41.4 Å². The molecule has 24 heavy (non-hydrogen) atoms. The molecule has 3 heterocycles. The van der Waals surface area contributed by atoms with Gasteiger partial charge in [-0.15, -0.1) is 0 Å². The Labute approximate surface area is 138 Å². The maximum atomic E-state index is 12.5. The number of nitrogens with one attached hydrogen (secondary N) is 1. The SMILES string of the molecule is O=C(c1cnco1)N1CCOC[C@H](Cc2ccc3[nH]ncc3c2)C1. The fourth-order valence-electron chi connectivity index (χ4n) is 3.12. The summed E-state index contributed by atoms with van der Waals surface area (Å²) in [5, 5.41) is 8.10. The van der Waals surface area contributed by atoms with Crippen LogP contribution in [-0.4, -0.2) is 52.3 Å². The van der Waals surface area contributed by atoms with Crippen LogP contribution in [0.3, 0.4) is 0 Å². The third kappa shape index (κ3) is 3.03. The summed E-state index contributed by atoms with van der Waals surface area (Å²) in [4.78, 5) is 18.1. The number of carbonyl (C=O) groups excluding carboxylic acids is 1. The highest BCUT2D eigenvalue weighted by atomic mass is 16.5. The second-order valence-corrected chi connectivity index (χ2v) is 6.05. The molecule has 124 valence electrons. The molecule has 0 saturated carbocycles. The van der Waals surface area contributed by atoms with Crippen LogP contribution in [0, 0.1) is 5.92 Å². The van der Waals surface area contributed by atoms with Crippen LogP contribution in [0.1, 0.15) is 16.1 Å². The van der Waals surface area contributed by atoms with E-state index in [2.05, 4.69) is 27.3 Å². The fraction of sp³-hybridized carbons (Fsp3) is 0.353. The van der Waals surface area contributed by atoms with Crippen molar-refractivity contribution in [2.75, 3.05) is 26.3 Å². The van der Waals surface area contributed by atoms with Gasteiger partial charge < -0.3 is 14.1 Å². The first-order valence-electron chi connectivity index (χ1n) is 7.97. The molecule has 7 nitrogen and oxygen atoms in total. The largest absolute Gasteiger partial charge is 0.438 e. The second kappa shape index (κ2) is 6.45. The van der Waals surface area contributed by atoms with Gasteiger partial charge in [0.15, 0.2) is 6.39 Å². The molecule has 1 aliphatic heterocycles. The lowest BCUT2D eigenvalue weighted by Crippen LogP contribution is -2.36. The number of benzene rings is 1. The minimum absolute atomic E-state index is 0.131. The number of H-pyrrole nitrogens is 1. The number of aromatic amines is 1. The summed E-state index contributed by atoms with van der Waals surface area (Å²) in [7, 11) is 0. The zero-order valence-corrected chi connectivity index (χ0v) is 13.1. The molecule has 0 spiro atoms. The third-order valence-corrected chi connectivity index (χ3v) is 4.30. The molecule has 1 aliphatic rings. The first-order chi connectivity index (χ1) is 11.8. The average molecular weight is 326 g/mol. The predicted octanol–water partition coefficient (Wildman–Crippen LogP) is 1.88. The Kier molecular flexibility index (Phi) is 4.00. The Morgan fingerprint density at radius 1 is 1.38 bits per heavy atom. The van der Waals surface area contributed by atoms with Crippen molar-refractivity contribution in [2.24, 2.45) is 5.92 Å². The summed E-state index contributed by atoms with van der Waals surface area (Å²) >= 11 is 0. The summed E-state index contributed by atoms with van der Waals surface area (Å²) in [5.41, 5.74) is 2.24. The normalized spacial score (nSPS) is 18.7. The standard InChI is InChI=1S/C17H18N4O3/c22-17(16-8-18-11-24-16)21-3-4-23-10-13(9-21)5-12-1-2-15-14(6-12)7-19-20-15/h1-2,6-8,11,13H,3-5,9-10H2,(H,19,20)/t13-/m1/s1. The number of nitrogens with zero attached hydrogens (tertiary/aromatic N) is 3. The van der Waals surface area contributed by atoms with E-state index in [9.17, 15) is 4.79 Å². The van der Waals surface area contributed by atoms with Gasteiger partial charge in [0.05, 0.1) is 31.1 Å². The number of amides is 1. The van der Waals surface area contributed by atoms with Gasteiger partial charge in [-0.25, -0.2) is 4.98 Å². The van der Waals surface area contributed by atoms with E-state index < -0.39 is 0 Å². The third-order valence-electron chi connectivity index (χ3n) is 4.30. The summed E-state index contributed by atoms with van der Waals surface area (Å²) < 4.78 is 10.8. The van der Waals surface area contributed by atoms with Gasteiger partial charge in [-0.1, -0.05) is 6.07 Å². The van der Waals surface area contributed by atoms with Crippen molar-refractivity contribution >= 4 is 16.8 Å². The van der Waals surface area contributed by atoms with Crippen molar-refractivity contribution in [2.45, 2.75) is 6.42 Å². The molecule has 3 aromatic rings. The highest BCUT2D eigenvalue weighted by molar-refractivity contribution is 5.91. The molecule has 1 aromatic carbocycles. The summed E-state index contributed by atoms with van der Waals surface area (Å²) in [6.45, 7) is 2.39. The lowest BCUT2D eigenvalue weighted by atomic mass is 9.98. The topological polar surface area (TPSA) is 84.3 Å². The van der Waals surface area contributed by atoms with Crippen molar-refractivity contribution in [1.29, 1.82) is 0 Å². The van der Waals surface area contributed by atoms with Crippen molar-refractivity contribution in [3.8, 4) is 0 Å². The van der Waals surface area contributed by atoms with Crippen molar-refractivity contribution < 1.29 is 13.9 Å². The molecule has 1 N–H and O–H groups in total. The quantitative estimate of drug-likeness (QED) is 0.794. The zero-order chi connectivity index (χ0) is 16.4. The van der Waals surface area contributed by atoms with Crippen LogP contribution in [0.2, 0.25) is 0 Å². The molecule has 7 heteroatoms. The van der Waals surface area contributed by atoms with Crippen LogP contribution >= 0.6 is 0 Å². The van der Waals surface area contributed by atoms with Gasteiger partial charge in [-0.2, -0.15) is 5.10 Å². The van der Waals surface area contributed by atoms with E-state index in [4.69, 9.17) is 9.15 Å². The van der Waals surface area contributed by atoms with E-state index in [1.54, 1.807) is 4.90 Å². The Hall–Kier alpha value is -2.67. The van der Waals surface area contributed by atoms with Gasteiger partial charge in [0.1, 0.15) is 0 Å². The van der Waals surface area contributed by atoms with E-state index in [0.29, 0.717) is 26.3 Å². The predicted molar refractivity (Wildman–Crippen MR) is 86.5 cm³/mol. The summed E-state index contributed by atoms with van der Waals surface area (Å²) in [5.74, 6) is 0.382. The molecule has 2 aromatic heterocycles. The van der Waals surface area contributed by atoms with Crippen LogP contribution in [-0.2, 0) is 11.2 Å². The molecule has 0 bridgehead atoms. The number of hydrogen-bond acceptors (Lipinski definition) is 5. The number of oxazole rings is 1. The van der Waals surface area contributed by atoms with Crippen molar-refractivity contribution in [3.05, 3.63) is 48.3 Å². The Balaban J connectivity index is 1.48. The molecule has 1 amide bonds. The second-order valence-electron chi connectivity index (χ2n) is 6.05. The van der Waals surface area contributed by atoms with Gasteiger partial charge >= 0.3 is 0 Å². The zero-order valence-electron chi connectivity index (χ0n) is 13.1. The molecule has 1 saturated heterocycles. The highest BCUT2D eigenvalue weighted by Crippen LogP contribution is 2.19. The average Bonchev–Trinajstić information content (AvgIpc) is 3.23. The Bertz CT molecular complexity index is 827. The minimum Gasteiger partial charge on any atom is -0.438 e. The Morgan fingerprint density at radius 3 is 3.21 bits per heavy atom. The van der Waals surface area contributed by atoms with Crippen LogP contribution in [0.4, 0.5) is 0 Å². The molecule has 0 aliphatic carbocycles. The highest BCUT2D eigenvalue weighted by Gasteiger charge is 2.25. The van der Waals surface area contributed by atoms with Crippen LogP contribution in [0.25, 0.3) is 10.9 Å². The van der Waals surface area contributed by atoms with Gasteiger partial charge in [0, 0.05) is 24.4 Å².